The number of fused-ring (bicyclic) bond motifs is 1. The van der Waals surface area contributed by atoms with Gasteiger partial charge in [0.05, 0.1) is 5.41 Å². The van der Waals surface area contributed by atoms with Crippen LogP contribution < -0.4 is 10.2 Å². The summed E-state index contributed by atoms with van der Waals surface area (Å²) in [6.07, 6.45) is -3.48. The largest absolute Gasteiger partial charge is 0.490 e. The quantitative estimate of drug-likeness (QED) is 0.312. The summed E-state index contributed by atoms with van der Waals surface area (Å²) in [6.45, 7) is 5.17. The summed E-state index contributed by atoms with van der Waals surface area (Å²) >= 11 is 0. The van der Waals surface area contributed by atoms with Gasteiger partial charge in [0.15, 0.2) is 0 Å². The molecule has 4 heterocycles. The molecular formula is C29H33F9N6O7. The first kappa shape index (κ1) is 42.4. The van der Waals surface area contributed by atoms with Gasteiger partial charge in [-0.1, -0.05) is 6.07 Å². The molecule has 0 radical (unpaired) electrons. The van der Waals surface area contributed by atoms with Crippen molar-refractivity contribution >= 4 is 29.8 Å². The number of amides is 1. The van der Waals surface area contributed by atoms with Gasteiger partial charge in [-0.25, -0.2) is 24.4 Å². The maximum Gasteiger partial charge on any atom is 0.490 e. The molecule has 2 aromatic heterocycles. The highest BCUT2D eigenvalue weighted by Crippen LogP contribution is 2.44. The summed E-state index contributed by atoms with van der Waals surface area (Å²) in [5.41, 5.74) is 0.863. The molecule has 1 amide bonds. The smallest absolute Gasteiger partial charge is 0.475 e. The first-order valence-electron chi connectivity index (χ1n) is 14.9. The molecule has 0 spiro atoms. The predicted octanol–water partition coefficient (Wildman–Crippen LogP) is 4.02. The predicted molar refractivity (Wildman–Crippen MR) is 156 cm³/mol. The van der Waals surface area contributed by atoms with Crippen molar-refractivity contribution in [2.45, 2.75) is 50.8 Å². The molecule has 1 aliphatic carbocycles. The minimum Gasteiger partial charge on any atom is -0.475 e. The van der Waals surface area contributed by atoms with Gasteiger partial charge in [0, 0.05) is 63.4 Å². The van der Waals surface area contributed by atoms with Crippen molar-refractivity contribution in [2.24, 2.45) is 17.3 Å². The molecule has 2 saturated heterocycles. The second kappa shape index (κ2) is 17.9. The van der Waals surface area contributed by atoms with Gasteiger partial charge in [0.1, 0.15) is 0 Å². The van der Waals surface area contributed by atoms with Crippen molar-refractivity contribution in [2.75, 3.05) is 37.6 Å². The molecule has 5 rings (SSSR count). The molecule has 0 aromatic carbocycles. The molecule has 3 aliphatic rings. The molecule has 2 aromatic rings. The zero-order chi connectivity index (χ0) is 38.6. The summed E-state index contributed by atoms with van der Waals surface area (Å²) in [5.74, 6) is -6.35. The highest BCUT2D eigenvalue weighted by molar-refractivity contribution is 5.84. The molecular weight excluding hydrogens is 715 g/mol. The van der Waals surface area contributed by atoms with E-state index in [1.165, 1.54) is 18.4 Å². The van der Waals surface area contributed by atoms with Crippen LogP contribution in [0.5, 0.6) is 0 Å². The van der Waals surface area contributed by atoms with Crippen molar-refractivity contribution < 1.29 is 74.0 Å². The van der Waals surface area contributed by atoms with Crippen LogP contribution in [-0.2, 0) is 25.7 Å². The van der Waals surface area contributed by atoms with Gasteiger partial charge >= 0.3 is 36.4 Å². The molecule has 3 fully saturated rings. The number of rotatable bonds is 6. The van der Waals surface area contributed by atoms with Gasteiger partial charge in [-0.15, -0.1) is 0 Å². The fourth-order valence-electron chi connectivity index (χ4n) is 5.12. The van der Waals surface area contributed by atoms with E-state index in [0.717, 1.165) is 51.5 Å². The number of anilines is 1. The van der Waals surface area contributed by atoms with Crippen molar-refractivity contribution in [1.82, 2.24) is 25.2 Å². The molecule has 22 heteroatoms. The van der Waals surface area contributed by atoms with Crippen molar-refractivity contribution in [3.05, 3.63) is 48.5 Å². The lowest BCUT2D eigenvalue weighted by atomic mass is 9.74. The summed E-state index contributed by atoms with van der Waals surface area (Å²) in [6, 6.07) is 5.96. The molecule has 2 atom stereocenters. The highest BCUT2D eigenvalue weighted by Gasteiger charge is 2.53. The van der Waals surface area contributed by atoms with Crippen molar-refractivity contribution in [1.29, 1.82) is 0 Å². The van der Waals surface area contributed by atoms with E-state index in [2.05, 4.69) is 36.1 Å². The highest BCUT2D eigenvalue weighted by atomic mass is 19.4. The molecule has 0 unspecified atom stereocenters. The number of halogens is 9. The number of alkyl halides is 9. The van der Waals surface area contributed by atoms with E-state index >= 15 is 0 Å². The Labute approximate surface area is 283 Å². The van der Waals surface area contributed by atoms with Crippen LogP contribution >= 0.6 is 0 Å². The number of nitrogens with zero attached hydrogens (tertiary/aromatic N) is 5. The van der Waals surface area contributed by atoms with E-state index in [1.807, 2.05) is 24.5 Å². The SMILES string of the molecule is O=C(NCC1CC1)[C@]12CCCN(Cc3cccnc3)C[C@H]1CN(c1ncccn1)C2.O=C(O)C(F)(F)F.O=C(O)C(F)(F)F.O=C(O)C(F)(F)F. The number of hydrogen-bond acceptors (Lipinski definition) is 9. The molecule has 2 aliphatic heterocycles. The van der Waals surface area contributed by atoms with Crippen LogP contribution in [0.2, 0.25) is 0 Å². The number of likely N-dealkylation sites (tertiary alicyclic amines) is 1. The van der Waals surface area contributed by atoms with Crippen molar-refractivity contribution in [3.8, 4) is 0 Å². The number of carboxylic acid groups (broad SMARTS) is 3. The van der Waals surface area contributed by atoms with Crippen LogP contribution in [0.4, 0.5) is 45.5 Å². The van der Waals surface area contributed by atoms with Crippen LogP contribution in [0.3, 0.4) is 0 Å². The number of pyridine rings is 1. The van der Waals surface area contributed by atoms with E-state index in [9.17, 15) is 44.3 Å². The molecule has 4 N–H and O–H groups in total. The zero-order valence-corrected chi connectivity index (χ0v) is 26.4. The number of nitrogens with one attached hydrogen (secondary N) is 1. The number of carbonyl (C=O) groups is 4. The fraction of sp³-hybridized carbons (Fsp3) is 0.552. The number of hydrogen-bond donors (Lipinski definition) is 4. The maximum absolute atomic E-state index is 13.5. The van der Waals surface area contributed by atoms with Gasteiger partial charge in [0.25, 0.3) is 0 Å². The zero-order valence-electron chi connectivity index (χ0n) is 26.4. The lowest BCUT2D eigenvalue weighted by Gasteiger charge is -2.32. The Bertz CT molecular complexity index is 1390. The Morgan fingerprint density at radius 1 is 0.824 bits per heavy atom. The van der Waals surface area contributed by atoms with Gasteiger partial charge in [-0.3, -0.25) is 14.7 Å². The normalized spacial score (nSPS) is 20.4. The number of carboxylic acids is 3. The summed E-state index contributed by atoms with van der Waals surface area (Å²) in [5, 5.41) is 24.7. The van der Waals surface area contributed by atoms with Gasteiger partial charge < -0.3 is 25.5 Å². The van der Waals surface area contributed by atoms with Gasteiger partial charge in [0.2, 0.25) is 11.9 Å². The van der Waals surface area contributed by atoms with E-state index in [1.54, 1.807) is 12.4 Å². The number of aromatic nitrogens is 3. The van der Waals surface area contributed by atoms with Crippen LogP contribution in [0, 0.1) is 17.3 Å². The number of aliphatic carboxylic acids is 3. The average Bonchev–Trinajstić information content (AvgIpc) is 3.83. The van der Waals surface area contributed by atoms with Crippen LogP contribution in [0.1, 0.15) is 31.2 Å². The Morgan fingerprint density at radius 3 is 1.80 bits per heavy atom. The molecule has 13 nitrogen and oxygen atoms in total. The summed E-state index contributed by atoms with van der Waals surface area (Å²) < 4.78 is 95.2. The van der Waals surface area contributed by atoms with Crippen LogP contribution in [-0.4, -0.2) is 110 Å². The molecule has 1 saturated carbocycles. The van der Waals surface area contributed by atoms with Crippen LogP contribution in [0.15, 0.2) is 43.0 Å². The first-order valence-corrected chi connectivity index (χ1v) is 14.9. The third-order valence-corrected chi connectivity index (χ3v) is 7.66. The van der Waals surface area contributed by atoms with E-state index < -0.39 is 36.4 Å². The lowest BCUT2D eigenvalue weighted by Crippen LogP contribution is -2.48. The number of carbonyl (C=O) groups excluding carboxylic acids is 1. The van der Waals surface area contributed by atoms with Gasteiger partial charge in [-0.2, -0.15) is 39.5 Å². The topological polar surface area (TPSA) is 186 Å². The molecule has 51 heavy (non-hydrogen) atoms. The Morgan fingerprint density at radius 2 is 1.35 bits per heavy atom. The van der Waals surface area contributed by atoms with E-state index in [-0.39, 0.29) is 17.2 Å². The lowest BCUT2D eigenvalue weighted by molar-refractivity contribution is -0.193. The summed E-state index contributed by atoms with van der Waals surface area (Å²) in [4.78, 5) is 58.1. The minimum absolute atomic E-state index is 0.237. The Hall–Kier alpha value is -4.76. The monoisotopic (exact) mass is 748 g/mol. The van der Waals surface area contributed by atoms with Crippen LogP contribution in [0.25, 0.3) is 0 Å². The second-order valence-electron chi connectivity index (χ2n) is 11.5. The standard InChI is InChI=1S/C23H30N6O.3C2HF3O2/c30-21(27-13-18-5-6-18)23-7-2-11-28(14-19-4-1-8-24-12-19)15-20(23)16-29(17-23)22-25-9-3-10-26-22;3*3-2(4,5)1(6)7/h1,3-4,8-10,12,18,20H,2,5-7,11,13-17H2,(H,27,30);3*(H,6,7)/t20-,23-;;;/m0.../s1. The van der Waals surface area contributed by atoms with E-state index in [0.29, 0.717) is 12.5 Å². The first-order chi connectivity index (χ1) is 23.6. The van der Waals surface area contributed by atoms with E-state index in [4.69, 9.17) is 29.7 Å². The minimum atomic E-state index is -5.08. The fourth-order valence-corrected chi connectivity index (χ4v) is 5.12. The maximum atomic E-state index is 13.5. The third kappa shape index (κ3) is 14.2. The van der Waals surface area contributed by atoms with Crippen molar-refractivity contribution in [3.63, 3.8) is 0 Å². The Kier molecular flexibility index (Phi) is 14.9. The van der Waals surface area contributed by atoms with Gasteiger partial charge in [-0.05, 0) is 55.8 Å². The molecule has 0 bridgehead atoms. The average molecular weight is 749 g/mol. The third-order valence-electron chi connectivity index (χ3n) is 7.66. The second-order valence-corrected chi connectivity index (χ2v) is 11.5. The Balaban J connectivity index is 0.000000352. The summed E-state index contributed by atoms with van der Waals surface area (Å²) in [7, 11) is 0. The molecule has 284 valence electrons.